The van der Waals surface area contributed by atoms with Gasteiger partial charge in [-0.15, -0.1) is 0 Å². The molecule has 0 unspecified atom stereocenters. The third-order valence-electron chi connectivity index (χ3n) is 1.86. The largest absolute Gasteiger partial charge is 0.478 e. The van der Waals surface area contributed by atoms with E-state index < -0.39 is 15.0 Å². The van der Waals surface area contributed by atoms with Crippen LogP contribution < -0.4 is 0 Å². The Morgan fingerprint density at radius 1 is 1.50 bits per heavy atom. The summed E-state index contributed by atoms with van der Waals surface area (Å²) in [5, 5.41) is 12.5. The van der Waals surface area contributed by atoms with Crippen molar-refractivity contribution in [3.63, 3.8) is 0 Å². The number of carbonyl (C=O) groups is 1. The van der Waals surface area contributed by atoms with Crippen molar-refractivity contribution in [3.8, 4) is 0 Å². The van der Waals surface area contributed by atoms with Crippen LogP contribution in [-0.2, 0) is 9.05 Å². The van der Waals surface area contributed by atoms with Crippen LogP contribution in [0.3, 0.4) is 0 Å². The fourth-order valence-corrected chi connectivity index (χ4v) is 1.93. The van der Waals surface area contributed by atoms with E-state index in [0.29, 0.717) is 0 Å². The molecule has 2 rings (SSSR count). The summed E-state index contributed by atoms with van der Waals surface area (Å²) in [6, 6.07) is 0.939. The van der Waals surface area contributed by atoms with E-state index in [2.05, 4.69) is 10.1 Å². The predicted molar refractivity (Wildman–Crippen MR) is 53.0 cm³/mol. The molecule has 84 valence electrons. The number of carboxylic acid groups (broad SMARTS) is 1. The molecule has 0 aromatic carbocycles. The number of rotatable bonds is 2. The predicted octanol–water partition coefficient (Wildman–Crippen LogP) is 0.355. The fraction of sp³-hybridized carbons (Fsp3) is 0. The topological polar surface area (TPSA) is 102 Å². The highest BCUT2D eigenvalue weighted by Gasteiger charge is 2.18. The van der Waals surface area contributed by atoms with Crippen LogP contribution in [0.1, 0.15) is 10.4 Å². The summed E-state index contributed by atoms with van der Waals surface area (Å²) < 4.78 is 23.2. The summed E-state index contributed by atoms with van der Waals surface area (Å²) in [4.78, 5) is 14.2. The number of aromatic nitrogens is 3. The molecule has 0 atom stereocenters. The maximum absolute atomic E-state index is 11.1. The summed E-state index contributed by atoms with van der Waals surface area (Å²) in [5.41, 5.74) is -0.226. The van der Waals surface area contributed by atoms with Crippen LogP contribution >= 0.6 is 10.7 Å². The van der Waals surface area contributed by atoms with Crippen LogP contribution in [0.5, 0.6) is 0 Å². The summed E-state index contributed by atoms with van der Waals surface area (Å²) in [7, 11) is 1.11. The van der Waals surface area contributed by atoms with E-state index >= 15 is 0 Å². The third-order valence-corrected chi connectivity index (χ3v) is 3.18. The average Bonchev–Trinajstić information content (AvgIpc) is 2.61. The van der Waals surface area contributed by atoms with Crippen molar-refractivity contribution in [2.24, 2.45) is 0 Å². The van der Waals surface area contributed by atoms with E-state index in [-0.39, 0.29) is 16.1 Å². The number of hydrogen-bond acceptors (Lipinski definition) is 5. The number of aromatic carboxylic acids is 1. The van der Waals surface area contributed by atoms with Crippen molar-refractivity contribution in [3.05, 3.63) is 24.2 Å². The number of hydrogen-bond donors (Lipinski definition) is 1. The molecule has 2 aromatic heterocycles. The second kappa shape index (κ2) is 3.42. The summed E-state index contributed by atoms with van der Waals surface area (Å²) in [6.45, 7) is 0. The molecule has 9 heteroatoms. The molecule has 0 spiro atoms. The fourth-order valence-electron chi connectivity index (χ4n) is 1.19. The van der Waals surface area contributed by atoms with Crippen molar-refractivity contribution in [2.75, 3.05) is 0 Å². The minimum atomic E-state index is -4.01. The standard InChI is InChI=1S/C7H4ClN3O4S/c8-16(14,15)4-1-5(7(12)13)6-9-3-10-11(6)2-4/h1-3H,(H,12,13). The van der Waals surface area contributed by atoms with Gasteiger partial charge in [0, 0.05) is 10.7 Å². The molecular formula is C7H4ClN3O4S. The highest BCUT2D eigenvalue weighted by molar-refractivity contribution is 8.13. The number of carboxylic acids is 1. The Labute approximate surface area is 93.7 Å². The zero-order valence-corrected chi connectivity index (χ0v) is 9.10. The zero-order chi connectivity index (χ0) is 11.9. The van der Waals surface area contributed by atoms with Gasteiger partial charge < -0.3 is 5.11 Å². The SMILES string of the molecule is O=C(O)c1cc(S(=O)(=O)Cl)cn2ncnc12. The van der Waals surface area contributed by atoms with E-state index in [9.17, 15) is 13.2 Å². The minimum absolute atomic E-state index is 0.0524. The summed E-state index contributed by atoms with van der Waals surface area (Å²) in [5.74, 6) is -1.31. The molecule has 7 nitrogen and oxygen atoms in total. The summed E-state index contributed by atoms with van der Waals surface area (Å²) >= 11 is 0. The van der Waals surface area contributed by atoms with Gasteiger partial charge in [-0.2, -0.15) is 5.10 Å². The van der Waals surface area contributed by atoms with E-state index in [0.717, 1.165) is 23.1 Å². The first-order valence-electron chi connectivity index (χ1n) is 3.91. The number of fused-ring (bicyclic) bond motifs is 1. The monoisotopic (exact) mass is 261 g/mol. The lowest BCUT2D eigenvalue weighted by molar-refractivity contribution is 0.0698. The lowest BCUT2D eigenvalue weighted by Gasteiger charge is -2.01. The van der Waals surface area contributed by atoms with Crippen molar-refractivity contribution >= 4 is 31.3 Å². The molecule has 0 aliphatic rings. The Morgan fingerprint density at radius 2 is 2.19 bits per heavy atom. The molecule has 0 saturated heterocycles. The Hall–Kier alpha value is -1.67. The van der Waals surface area contributed by atoms with Crippen LogP contribution in [0, 0.1) is 0 Å². The quantitative estimate of drug-likeness (QED) is 0.783. The normalized spacial score (nSPS) is 11.8. The van der Waals surface area contributed by atoms with E-state index in [1.807, 2.05) is 0 Å². The first-order chi connectivity index (χ1) is 7.39. The molecule has 0 saturated carbocycles. The zero-order valence-electron chi connectivity index (χ0n) is 7.53. The second-order valence-corrected chi connectivity index (χ2v) is 5.43. The molecule has 0 amide bonds. The molecule has 0 fully saturated rings. The third kappa shape index (κ3) is 1.72. The molecule has 0 bridgehead atoms. The molecule has 0 aliphatic heterocycles. The lowest BCUT2D eigenvalue weighted by atomic mass is 10.3. The highest BCUT2D eigenvalue weighted by atomic mass is 35.7. The van der Waals surface area contributed by atoms with Crippen LogP contribution in [-0.4, -0.2) is 34.1 Å². The van der Waals surface area contributed by atoms with E-state index in [4.69, 9.17) is 15.8 Å². The van der Waals surface area contributed by atoms with Crippen molar-refractivity contribution < 1.29 is 18.3 Å². The first kappa shape index (κ1) is 10.8. The van der Waals surface area contributed by atoms with Crippen LogP contribution in [0.15, 0.2) is 23.5 Å². The van der Waals surface area contributed by atoms with E-state index in [1.165, 1.54) is 0 Å². The van der Waals surface area contributed by atoms with Crippen molar-refractivity contribution in [1.82, 2.24) is 14.6 Å². The van der Waals surface area contributed by atoms with Crippen LogP contribution in [0.2, 0.25) is 0 Å². The van der Waals surface area contributed by atoms with Crippen LogP contribution in [0.25, 0.3) is 5.65 Å². The van der Waals surface area contributed by atoms with Gasteiger partial charge in [0.25, 0.3) is 9.05 Å². The Bertz CT molecular complexity index is 678. The molecule has 1 N–H and O–H groups in total. The van der Waals surface area contributed by atoms with Crippen LogP contribution in [0.4, 0.5) is 0 Å². The molecule has 0 radical (unpaired) electrons. The lowest BCUT2D eigenvalue weighted by Crippen LogP contribution is -2.05. The van der Waals surface area contributed by atoms with Gasteiger partial charge in [-0.1, -0.05) is 0 Å². The maximum atomic E-state index is 11.1. The van der Waals surface area contributed by atoms with Gasteiger partial charge in [0.2, 0.25) is 0 Å². The minimum Gasteiger partial charge on any atom is -0.478 e. The molecule has 0 aliphatic carbocycles. The van der Waals surface area contributed by atoms with Crippen molar-refractivity contribution in [1.29, 1.82) is 0 Å². The van der Waals surface area contributed by atoms with E-state index in [1.54, 1.807) is 0 Å². The Balaban J connectivity index is 2.87. The highest BCUT2D eigenvalue weighted by Crippen LogP contribution is 2.18. The van der Waals surface area contributed by atoms with Gasteiger partial charge in [0.15, 0.2) is 5.65 Å². The van der Waals surface area contributed by atoms with Gasteiger partial charge >= 0.3 is 5.97 Å². The molecule has 2 heterocycles. The van der Waals surface area contributed by atoms with Gasteiger partial charge in [-0.3, -0.25) is 0 Å². The average molecular weight is 262 g/mol. The van der Waals surface area contributed by atoms with Gasteiger partial charge in [0.1, 0.15) is 16.8 Å². The summed E-state index contributed by atoms with van der Waals surface area (Å²) in [6.07, 6.45) is 2.21. The molecular weight excluding hydrogens is 258 g/mol. The number of pyridine rings is 1. The maximum Gasteiger partial charge on any atom is 0.339 e. The Kier molecular flexibility index (Phi) is 2.32. The first-order valence-corrected chi connectivity index (χ1v) is 6.22. The molecule has 16 heavy (non-hydrogen) atoms. The van der Waals surface area contributed by atoms with Gasteiger partial charge in [-0.25, -0.2) is 22.7 Å². The number of halogens is 1. The smallest absolute Gasteiger partial charge is 0.339 e. The second-order valence-electron chi connectivity index (χ2n) is 2.86. The Morgan fingerprint density at radius 3 is 2.75 bits per heavy atom. The number of nitrogens with zero attached hydrogens (tertiary/aromatic N) is 3. The van der Waals surface area contributed by atoms with Crippen molar-refractivity contribution in [2.45, 2.75) is 4.90 Å². The molecule has 2 aromatic rings. The van der Waals surface area contributed by atoms with Gasteiger partial charge in [0.05, 0.1) is 6.20 Å². The van der Waals surface area contributed by atoms with Gasteiger partial charge in [-0.05, 0) is 6.07 Å².